The van der Waals surface area contributed by atoms with E-state index in [2.05, 4.69) is 23.1 Å². The number of nitrogens with two attached hydrogens (primary N) is 1. The molecule has 3 nitrogen and oxygen atoms in total. The molecule has 0 saturated heterocycles. The summed E-state index contributed by atoms with van der Waals surface area (Å²) in [5.41, 5.74) is 6.62. The van der Waals surface area contributed by atoms with Gasteiger partial charge in [-0.05, 0) is 13.3 Å². The smallest absolute Gasteiger partial charge is 0.0951 e. The molecule has 12 heavy (non-hydrogen) atoms. The first-order valence-corrected chi connectivity index (χ1v) is 4.11. The summed E-state index contributed by atoms with van der Waals surface area (Å²) in [7, 11) is 0. The molecule has 66 valence electrons. The Bertz CT molecular complexity index is 252. The number of allylic oxidation sites excluding steroid dienone is 1. The van der Waals surface area contributed by atoms with Crippen molar-refractivity contribution in [3.63, 3.8) is 0 Å². The van der Waals surface area contributed by atoms with Gasteiger partial charge in [-0.2, -0.15) is 0 Å². The maximum atomic E-state index is 5.54. The molecule has 0 radical (unpaired) electrons. The van der Waals surface area contributed by atoms with Gasteiger partial charge in [-0.25, -0.2) is 4.98 Å². The third-order valence-electron chi connectivity index (χ3n) is 1.94. The highest BCUT2D eigenvalue weighted by Crippen LogP contribution is 2.13. The molecule has 1 aromatic rings. The fourth-order valence-electron chi connectivity index (χ4n) is 1.24. The molecule has 3 heteroatoms. The van der Waals surface area contributed by atoms with Gasteiger partial charge in [0.05, 0.1) is 12.0 Å². The largest absolute Gasteiger partial charge is 0.330 e. The normalized spacial score (nSPS) is 12.8. The van der Waals surface area contributed by atoms with E-state index in [4.69, 9.17) is 5.73 Å². The van der Waals surface area contributed by atoms with E-state index in [9.17, 15) is 0 Å². The Morgan fingerprint density at radius 2 is 2.58 bits per heavy atom. The lowest BCUT2D eigenvalue weighted by Gasteiger charge is -2.13. The summed E-state index contributed by atoms with van der Waals surface area (Å²) < 4.78 is 2.08. The molecule has 0 bridgehead atoms. The Hall–Kier alpha value is -1.09. The van der Waals surface area contributed by atoms with Gasteiger partial charge >= 0.3 is 0 Å². The van der Waals surface area contributed by atoms with Crippen LogP contribution in [0, 0.1) is 0 Å². The first kappa shape index (κ1) is 9.00. The van der Waals surface area contributed by atoms with E-state index in [0.717, 1.165) is 12.1 Å². The molecule has 1 aromatic heterocycles. The van der Waals surface area contributed by atoms with Gasteiger partial charge in [0, 0.05) is 18.8 Å². The minimum atomic E-state index is 0.406. The highest BCUT2D eigenvalue weighted by atomic mass is 15.1. The van der Waals surface area contributed by atoms with Gasteiger partial charge in [-0.15, -0.1) is 6.58 Å². The molecule has 0 amide bonds. The van der Waals surface area contributed by atoms with Crippen LogP contribution in [0.15, 0.2) is 25.2 Å². The second-order valence-electron chi connectivity index (χ2n) is 2.87. The average Bonchev–Trinajstić information content (AvgIpc) is 2.51. The highest BCUT2D eigenvalue weighted by Gasteiger charge is 2.05. The van der Waals surface area contributed by atoms with Crippen molar-refractivity contribution < 1.29 is 0 Å². The number of hydrogen-bond acceptors (Lipinski definition) is 2. The maximum absolute atomic E-state index is 5.54. The van der Waals surface area contributed by atoms with Crippen LogP contribution in [0.1, 0.15) is 25.1 Å². The van der Waals surface area contributed by atoms with Gasteiger partial charge in [-0.1, -0.05) is 6.08 Å². The molecule has 0 spiro atoms. The molecule has 1 rings (SSSR count). The zero-order chi connectivity index (χ0) is 8.97. The van der Waals surface area contributed by atoms with E-state index in [0.29, 0.717) is 12.6 Å². The van der Waals surface area contributed by atoms with Gasteiger partial charge in [0.25, 0.3) is 0 Å². The molecule has 0 aliphatic rings. The van der Waals surface area contributed by atoms with Crippen molar-refractivity contribution in [2.24, 2.45) is 5.73 Å². The van der Waals surface area contributed by atoms with Crippen LogP contribution in [0.25, 0.3) is 0 Å². The van der Waals surface area contributed by atoms with Crippen LogP contribution < -0.4 is 5.73 Å². The van der Waals surface area contributed by atoms with Crippen LogP contribution >= 0.6 is 0 Å². The van der Waals surface area contributed by atoms with E-state index >= 15 is 0 Å². The maximum Gasteiger partial charge on any atom is 0.0951 e. The zero-order valence-corrected chi connectivity index (χ0v) is 7.40. The molecule has 0 aliphatic carbocycles. The van der Waals surface area contributed by atoms with Gasteiger partial charge in [0.1, 0.15) is 0 Å². The summed E-state index contributed by atoms with van der Waals surface area (Å²) >= 11 is 0. The number of rotatable bonds is 4. The number of nitrogens with zero attached hydrogens (tertiary/aromatic N) is 2. The standard InChI is InChI=1S/C9H15N3/c1-3-4-8(2)12-7-11-6-9(12)5-10/h3,6-8H,1,4-5,10H2,2H3. The Morgan fingerprint density at radius 1 is 1.83 bits per heavy atom. The summed E-state index contributed by atoms with van der Waals surface area (Å²) in [5, 5.41) is 0. The van der Waals surface area contributed by atoms with Crippen molar-refractivity contribution in [1.29, 1.82) is 0 Å². The summed E-state index contributed by atoms with van der Waals surface area (Å²) in [4.78, 5) is 4.04. The van der Waals surface area contributed by atoms with Crippen molar-refractivity contribution in [2.75, 3.05) is 0 Å². The number of hydrogen-bond donors (Lipinski definition) is 1. The molecule has 1 atom stereocenters. The second kappa shape index (κ2) is 4.07. The lowest BCUT2D eigenvalue weighted by atomic mass is 10.2. The SMILES string of the molecule is C=CCC(C)n1cncc1CN. The first-order valence-electron chi connectivity index (χ1n) is 4.11. The topological polar surface area (TPSA) is 43.8 Å². The Balaban J connectivity index is 2.78. The van der Waals surface area contributed by atoms with Crippen LogP contribution in [0.2, 0.25) is 0 Å². The van der Waals surface area contributed by atoms with Crippen molar-refractivity contribution in [1.82, 2.24) is 9.55 Å². The number of imidazole rings is 1. The molecule has 1 heterocycles. The fourth-order valence-corrected chi connectivity index (χ4v) is 1.24. The zero-order valence-electron chi connectivity index (χ0n) is 7.40. The number of aromatic nitrogens is 2. The minimum absolute atomic E-state index is 0.406. The van der Waals surface area contributed by atoms with E-state index < -0.39 is 0 Å². The van der Waals surface area contributed by atoms with Crippen molar-refractivity contribution >= 4 is 0 Å². The Labute approximate surface area is 72.9 Å². The minimum Gasteiger partial charge on any atom is -0.330 e. The fraction of sp³-hybridized carbons (Fsp3) is 0.444. The van der Waals surface area contributed by atoms with Crippen LogP contribution in [-0.4, -0.2) is 9.55 Å². The molecule has 1 unspecified atom stereocenters. The van der Waals surface area contributed by atoms with Crippen LogP contribution in [-0.2, 0) is 6.54 Å². The molecule has 0 aliphatic heterocycles. The lowest BCUT2D eigenvalue weighted by molar-refractivity contribution is 0.534. The second-order valence-corrected chi connectivity index (χ2v) is 2.87. The van der Waals surface area contributed by atoms with Gasteiger partial charge in [0.2, 0.25) is 0 Å². The Morgan fingerprint density at radius 3 is 3.17 bits per heavy atom. The first-order chi connectivity index (χ1) is 5.79. The Kier molecular flexibility index (Phi) is 3.05. The predicted octanol–water partition coefficient (Wildman–Crippen LogP) is 1.48. The summed E-state index contributed by atoms with van der Waals surface area (Å²) in [6.07, 6.45) is 6.48. The molecule has 0 fully saturated rings. The van der Waals surface area contributed by atoms with E-state index in [-0.39, 0.29) is 0 Å². The van der Waals surface area contributed by atoms with Crippen LogP contribution in [0.5, 0.6) is 0 Å². The van der Waals surface area contributed by atoms with Gasteiger partial charge in [0.15, 0.2) is 0 Å². The van der Waals surface area contributed by atoms with E-state index in [1.807, 2.05) is 12.4 Å². The molecule has 0 saturated carbocycles. The van der Waals surface area contributed by atoms with Crippen LogP contribution in [0.3, 0.4) is 0 Å². The van der Waals surface area contributed by atoms with Crippen molar-refractivity contribution in [2.45, 2.75) is 25.9 Å². The lowest BCUT2D eigenvalue weighted by Crippen LogP contribution is -2.10. The average molecular weight is 165 g/mol. The van der Waals surface area contributed by atoms with Crippen molar-refractivity contribution in [3.05, 3.63) is 30.9 Å². The van der Waals surface area contributed by atoms with Crippen LogP contribution in [0.4, 0.5) is 0 Å². The van der Waals surface area contributed by atoms with E-state index in [1.165, 1.54) is 0 Å². The molecular weight excluding hydrogens is 150 g/mol. The summed E-state index contributed by atoms with van der Waals surface area (Å²) in [6.45, 7) is 6.37. The monoisotopic (exact) mass is 165 g/mol. The molecular formula is C9H15N3. The predicted molar refractivity (Wildman–Crippen MR) is 49.6 cm³/mol. The third kappa shape index (κ3) is 1.74. The summed E-state index contributed by atoms with van der Waals surface area (Å²) in [6, 6.07) is 0.406. The summed E-state index contributed by atoms with van der Waals surface area (Å²) in [5.74, 6) is 0. The third-order valence-corrected chi connectivity index (χ3v) is 1.94. The molecule has 2 N–H and O–H groups in total. The van der Waals surface area contributed by atoms with Gasteiger partial charge in [-0.3, -0.25) is 0 Å². The van der Waals surface area contributed by atoms with E-state index in [1.54, 1.807) is 6.20 Å². The highest BCUT2D eigenvalue weighted by molar-refractivity contribution is 4.99. The van der Waals surface area contributed by atoms with Gasteiger partial charge < -0.3 is 10.3 Å². The molecule has 0 aromatic carbocycles. The quantitative estimate of drug-likeness (QED) is 0.687. The van der Waals surface area contributed by atoms with Crippen molar-refractivity contribution in [3.8, 4) is 0 Å².